The van der Waals surface area contributed by atoms with Crippen molar-refractivity contribution in [2.24, 2.45) is 0 Å². The smallest absolute Gasteiger partial charge is 0.120 e. The molecule has 1 aliphatic rings. The van der Waals surface area contributed by atoms with Gasteiger partial charge < -0.3 is 10.1 Å². The van der Waals surface area contributed by atoms with Crippen molar-refractivity contribution in [1.82, 2.24) is 10.3 Å². The summed E-state index contributed by atoms with van der Waals surface area (Å²) in [7, 11) is 0. The van der Waals surface area contributed by atoms with E-state index in [1.807, 2.05) is 30.6 Å². The molecule has 0 bridgehead atoms. The lowest BCUT2D eigenvalue weighted by Crippen LogP contribution is -2.19. The monoisotopic (exact) mass is 268 g/mol. The van der Waals surface area contributed by atoms with Gasteiger partial charge in [-0.15, -0.1) is 0 Å². The van der Waals surface area contributed by atoms with Crippen molar-refractivity contribution < 1.29 is 4.74 Å². The van der Waals surface area contributed by atoms with Gasteiger partial charge in [0.05, 0.1) is 6.10 Å². The van der Waals surface area contributed by atoms with Crippen LogP contribution < -0.4 is 10.1 Å². The molecule has 1 atom stereocenters. The van der Waals surface area contributed by atoms with Crippen LogP contribution in [0.1, 0.15) is 19.3 Å². The second-order valence-electron chi connectivity index (χ2n) is 5.18. The van der Waals surface area contributed by atoms with Crippen LogP contribution in [0.2, 0.25) is 0 Å². The second-order valence-corrected chi connectivity index (χ2v) is 5.18. The summed E-state index contributed by atoms with van der Waals surface area (Å²) < 4.78 is 6.14. The van der Waals surface area contributed by atoms with Crippen LogP contribution >= 0.6 is 0 Å². The summed E-state index contributed by atoms with van der Waals surface area (Å²) >= 11 is 0. The van der Waals surface area contributed by atoms with Gasteiger partial charge in [0.25, 0.3) is 0 Å². The highest BCUT2D eigenvalue weighted by atomic mass is 16.5. The molecule has 0 spiro atoms. The zero-order valence-corrected chi connectivity index (χ0v) is 11.6. The first-order valence-electron chi connectivity index (χ1n) is 7.30. The molecule has 2 heterocycles. The quantitative estimate of drug-likeness (QED) is 0.927. The Morgan fingerprint density at radius 2 is 1.90 bits per heavy atom. The van der Waals surface area contributed by atoms with E-state index < -0.39 is 0 Å². The fourth-order valence-electron chi connectivity index (χ4n) is 2.59. The van der Waals surface area contributed by atoms with E-state index in [0.717, 1.165) is 31.7 Å². The Hall–Kier alpha value is -1.87. The van der Waals surface area contributed by atoms with Gasteiger partial charge in [0, 0.05) is 12.4 Å². The van der Waals surface area contributed by atoms with Crippen molar-refractivity contribution in [1.29, 1.82) is 0 Å². The van der Waals surface area contributed by atoms with Crippen LogP contribution in [-0.4, -0.2) is 24.2 Å². The Bertz CT molecular complexity index is 534. The van der Waals surface area contributed by atoms with Crippen molar-refractivity contribution in [3.63, 3.8) is 0 Å². The maximum atomic E-state index is 6.14. The molecular weight excluding hydrogens is 248 g/mol. The van der Waals surface area contributed by atoms with Crippen LogP contribution in [0.15, 0.2) is 48.8 Å². The largest absolute Gasteiger partial charge is 0.490 e. The molecule has 0 saturated carbocycles. The number of hydrogen-bond donors (Lipinski definition) is 1. The zero-order valence-electron chi connectivity index (χ0n) is 11.6. The molecule has 0 amide bonds. The van der Waals surface area contributed by atoms with Gasteiger partial charge in [0.2, 0.25) is 0 Å². The van der Waals surface area contributed by atoms with Crippen molar-refractivity contribution in [3.05, 3.63) is 48.8 Å². The molecule has 3 nitrogen and oxygen atoms in total. The average molecular weight is 268 g/mol. The van der Waals surface area contributed by atoms with E-state index in [1.165, 1.54) is 17.5 Å². The first kappa shape index (κ1) is 13.1. The van der Waals surface area contributed by atoms with Crippen LogP contribution in [0.3, 0.4) is 0 Å². The molecule has 2 aromatic rings. The number of nitrogens with one attached hydrogen (secondary N) is 1. The Labute approximate surface area is 120 Å². The van der Waals surface area contributed by atoms with Gasteiger partial charge in [0.1, 0.15) is 5.75 Å². The predicted octanol–water partition coefficient (Wildman–Crippen LogP) is 3.27. The number of hydrogen-bond acceptors (Lipinski definition) is 3. The maximum Gasteiger partial charge on any atom is 0.120 e. The highest BCUT2D eigenvalue weighted by Gasteiger charge is 2.13. The third kappa shape index (κ3) is 3.36. The molecule has 1 fully saturated rings. The van der Waals surface area contributed by atoms with Gasteiger partial charge in [-0.05, 0) is 67.7 Å². The van der Waals surface area contributed by atoms with E-state index in [4.69, 9.17) is 4.74 Å². The van der Waals surface area contributed by atoms with Gasteiger partial charge in [-0.2, -0.15) is 0 Å². The molecule has 0 aliphatic carbocycles. The molecule has 1 saturated heterocycles. The van der Waals surface area contributed by atoms with Crippen LogP contribution in [0.4, 0.5) is 0 Å². The molecule has 3 rings (SSSR count). The summed E-state index contributed by atoms with van der Waals surface area (Å²) in [6.07, 6.45) is 7.37. The lowest BCUT2D eigenvalue weighted by atomic mass is 10.1. The molecule has 1 unspecified atom stereocenters. The Balaban J connectivity index is 1.74. The van der Waals surface area contributed by atoms with E-state index >= 15 is 0 Å². The molecule has 1 aliphatic heterocycles. The van der Waals surface area contributed by atoms with Crippen LogP contribution in [0, 0.1) is 0 Å². The summed E-state index contributed by atoms with van der Waals surface area (Å²) in [6.45, 7) is 2.16. The number of ether oxygens (including phenoxy) is 1. The minimum absolute atomic E-state index is 0.331. The van der Waals surface area contributed by atoms with Crippen molar-refractivity contribution >= 4 is 0 Å². The number of aromatic nitrogens is 1. The van der Waals surface area contributed by atoms with Crippen molar-refractivity contribution in [2.45, 2.75) is 25.4 Å². The van der Waals surface area contributed by atoms with E-state index in [9.17, 15) is 0 Å². The molecule has 0 radical (unpaired) electrons. The fourth-order valence-corrected chi connectivity index (χ4v) is 2.59. The van der Waals surface area contributed by atoms with E-state index in [1.54, 1.807) is 0 Å². The summed E-state index contributed by atoms with van der Waals surface area (Å²) in [6, 6.07) is 12.4. The molecule has 1 aromatic heterocycles. The predicted molar refractivity (Wildman–Crippen MR) is 80.8 cm³/mol. The topological polar surface area (TPSA) is 34.1 Å². The summed E-state index contributed by atoms with van der Waals surface area (Å²) in [5, 5.41) is 3.41. The lowest BCUT2D eigenvalue weighted by molar-refractivity contribution is 0.187. The first-order chi connectivity index (χ1) is 9.92. The maximum absolute atomic E-state index is 6.14. The molecule has 20 heavy (non-hydrogen) atoms. The third-order valence-corrected chi connectivity index (χ3v) is 3.67. The van der Waals surface area contributed by atoms with Crippen LogP contribution in [-0.2, 0) is 0 Å². The summed E-state index contributed by atoms with van der Waals surface area (Å²) in [5.41, 5.74) is 2.35. The fraction of sp³-hybridized carbons (Fsp3) is 0.353. The highest BCUT2D eigenvalue weighted by molar-refractivity contribution is 5.64. The van der Waals surface area contributed by atoms with Gasteiger partial charge in [-0.1, -0.05) is 12.1 Å². The van der Waals surface area contributed by atoms with E-state index in [2.05, 4.69) is 28.5 Å². The van der Waals surface area contributed by atoms with Gasteiger partial charge in [-0.25, -0.2) is 0 Å². The molecule has 1 N–H and O–H groups in total. The minimum Gasteiger partial charge on any atom is -0.490 e. The van der Waals surface area contributed by atoms with Crippen LogP contribution in [0.5, 0.6) is 5.75 Å². The Morgan fingerprint density at radius 3 is 2.80 bits per heavy atom. The SMILES string of the molecule is c1cc(OC2CCCNCC2)cc(-c2ccncc2)c1. The molecule has 104 valence electrons. The zero-order chi connectivity index (χ0) is 13.6. The number of rotatable bonds is 3. The number of pyridine rings is 1. The van der Waals surface area contributed by atoms with E-state index in [0.29, 0.717) is 6.10 Å². The van der Waals surface area contributed by atoms with Gasteiger partial charge in [0.15, 0.2) is 0 Å². The standard InChI is InChI=1S/C17H20N2O/c1-3-15(14-6-10-19-11-7-14)13-17(4-1)20-16-5-2-9-18-12-8-16/h1,3-4,6-7,10-11,13,16,18H,2,5,8-9,12H2. The average Bonchev–Trinajstić information content (AvgIpc) is 2.77. The lowest BCUT2D eigenvalue weighted by Gasteiger charge is -2.17. The van der Waals surface area contributed by atoms with E-state index in [-0.39, 0.29) is 0 Å². The summed E-state index contributed by atoms with van der Waals surface area (Å²) in [5.74, 6) is 0.964. The van der Waals surface area contributed by atoms with Crippen molar-refractivity contribution in [3.8, 4) is 16.9 Å². The van der Waals surface area contributed by atoms with Crippen LogP contribution in [0.25, 0.3) is 11.1 Å². The Morgan fingerprint density at radius 1 is 1.00 bits per heavy atom. The molecule has 1 aromatic carbocycles. The number of benzene rings is 1. The van der Waals surface area contributed by atoms with Crippen molar-refractivity contribution in [2.75, 3.05) is 13.1 Å². The molecule has 3 heteroatoms. The van der Waals surface area contributed by atoms with Gasteiger partial charge in [-0.3, -0.25) is 4.98 Å². The Kier molecular flexibility index (Phi) is 4.28. The third-order valence-electron chi connectivity index (χ3n) is 3.67. The number of nitrogens with zero attached hydrogens (tertiary/aromatic N) is 1. The normalized spacial score (nSPS) is 19.3. The molecular formula is C17H20N2O. The summed E-state index contributed by atoms with van der Waals surface area (Å²) in [4.78, 5) is 4.06. The second kappa shape index (κ2) is 6.53. The minimum atomic E-state index is 0.331. The van der Waals surface area contributed by atoms with Gasteiger partial charge >= 0.3 is 0 Å². The highest BCUT2D eigenvalue weighted by Crippen LogP contribution is 2.25. The first-order valence-corrected chi connectivity index (χ1v) is 7.30.